The third-order valence-corrected chi connectivity index (χ3v) is 2.85. The van der Waals surface area contributed by atoms with Gasteiger partial charge < -0.3 is 10.1 Å². The van der Waals surface area contributed by atoms with E-state index in [4.69, 9.17) is 4.74 Å². The van der Waals surface area contributed by atoms with Gasteiger partial charge in [-0.05, 0) is 18.6 Å². The SMILES string of the molecule is CCC(COC)NC(=O)c1ccc(C(C)(F)F)cc1. The van der Waals surface area contributed by atoms with E-state index in [1.165, 1.54) is 24.3 Å². The van der Waals surface area contributed by atoms with E-state index in [1.807, 2.05) is 6.92 Å². The summed E-state index contributed by atoms with van der Waals surface area (Å²) in [5.74, 6) is -3.17. The molecule has 1 aromatic carbocycles. The van der Waals surface area contributed by atoms with Crippen LogP contribution in [0.25, 0.3) is 0 Å². The minimum atomic E-state index is -2.89. The van der Waals surface area contributed by atoms with Gasteiger partial charge in [-0.3, -0.25) is 4.79 Å². The van der Waals surface area contributed by atoms with Crippen LogP contribution in [0.15, 0.2) is 24.3 Å². The zero-order valence-electron chi connectivity index (χ0n) is 11.4. The molecule has 19 heavy (non-hydrogen) atoms. The quantitative estimate of drug-likeness (QED) is 0.864. The number of nitrogens with one attached hydrogen (secondary N) is 1. The van der Waals surface area contributed by atoms with Crippen LogP contribution in [0, 0.1) is 0 Å². The van der Waals surface area contributed by atoms with Crippen molar-refractivity contribution in [1.29, 1.82) is 0 Å². The van der Waals surface area contributed by atoms with Crippen molar-refractivity contribution in [2.24, 2.45) is 0 Å². The molecule has 0 aromatic heterocycles. The molecule has 0 bridgehead atoms. The molecule has 0 saturated carbocycles. The zero-order chi connectivity index (χ0) is 14.5. The van der Waals surface area contributed by atoms with Gasteiger partial charge >= 0.3 is 0 Å². The number of benzene rings is 1. The van der Waals surface area contributed by atoms with Gasteiger partial charge in [0.15, 0.2) is 0 Å². The molecule has 0 spiro atoms. The highest BCUT2D eigenvalue weighted by Gasteiger charge is 2.24. The fourth-order valence-corrected chi connectivity index (χ4v) is 1.65. The first kappa shape index (κ1) is 15.6. The predicted molar refractivity (Wildman–Crippen MR) is 69.4 cm³/mol. The Labute approximate surface area is 112 Å². The molecule has 1 atom stereocenters. The molecule has 106 valence electrons. The Morgan fingerprint density at radius 3 is 2.37 bits per heavy atom. The molecule has 1 unspecified atom stereocenters. The van der Waals surface area contributed by atoms with Crippen LogP contribution in [-0.2, 0) is 10.7 Å². The molecule has 0 saturated heterocycles. The van der Waals surface area contributed by atoms with Gasteiger partial charge in [0.25, 0.3) is 11.8 Å². The van der Waals surface area contributed by atoms with Crippen molar-refractivity contribution in [3.05, 3.63) is 35.4 Å². The zero-order valence-corrected chi connectivity index (χ0v) is 11.4. The molecule has 0 heterocycles. The number of carbonyl (C=O) groups excluding carboxylic acids is 1. The second kappa shape index (κ2) is 6.61. The van der Waals surface area contributed by atoms with Crippen molar-refractivity contribution in [2.45, 2.75) is 32.2 Å². The Morgan fingerprint density at radius 1 is 1.37 bits per heavy atom. The van der Waals surface area contributed by atoms with Gasteiger partial charge in [0, 0.05) is 25.2 Å². The summed E-state index contributed by atoms with van der Waals surface area (Å²) in [5, 5.41) is 2.79. The van der Waals surface area contributed by atoms with E-state index in [0.717, 1.165) is 13.3 Å². The molecule has 5 heteroatoms. The lowest BCUT2D eigenvalue weighted by Gasteiger charge is -2.16. The van der Waals surface area contributed by atoms with E-state index in [0.29, 0.717) is 12.2 Å². The molecule has 1 N–H and O–H groups in total. The Balaban J connectivity index is 2.73. The average molecular weight is 271 g/mol. The molecule has 1 aromatic rings. The summed E-state index contributed by atoms with van der Waals surface area (Å²) in [7, 11) is 1.56. The largest absolute Gasteiger partial charge is 0.383 e. The smallest absolute Gasteiger partial charge is 0.270 e. The van der Waals surface area contributed by atoms with Gasteiger partial charge in [0.05, 0.1) is 12.6 Å². The summed E-state index contributed by atoms with van der Waals surface area (Å²) >= 11 is 0. The average Bonchev–Trinajstić information content (AvgIpc) is 2.37. The summed E-state index contributed by atoms with van der Waals surface area (Å²) in [6.07, 6.45) is 0.741. The van der Waals surface area contributed by atoms with Gasteiger partial charge in [-0.2, -0.15) is 0 Å². The molecular formula is C14H19F2NO2. The van der Waals surface area contributed by atoms with Crippen LogP contribution in [-0.4, -0.2) is 25.7 Å². The molecule has 0 aliphatic rings. The number of hydrogen-bond acceptors (Lipinski definition) is 2. The molecule has 1 rings (SSSR count). The number of hydrogen-bond donors (Lipinski definition) is 1. The molecule has 0 aliphatic heterocycles. The van der Waals surface area contributed by atoms with E-state index >= 15 is 0 Å². The number of rotatable bonds is 6. The van der Waals surface area contributed by atoms with Gasteiger partial charge in [-0.1, -0.05) is 19.1 Å². The van der Waals surface area contributed by atoms with Crippen molar-refractivity contribution in [2.75, 3.05) is 13.7 Å². The number of alkyl halides is 2. The van der Waals surface area contributed by atoms with Crippen molar-refractivity contribution in [3.8, 4) is 0 Å². The number of amides is 1. The summed E-state index contributed by atoms with van der Waals surface area (Å²) in [4.78, 5) is 11.9. The topological polar surface area (TPSA) is 38.3 Å². The lowest BCUT2D eigenvalue weighted by atomic mass is 10.1. The first-order valence-corrected chi connectivity index (χ1v) is 6.16. The second-order valence-corrected chi connectivity index (χ2v) is 4.50. The maximum Gasteiger partial charge on any atom is 0.270 e. The highest BCUT2D eigenvalue weighted by molar-refractivity contribution is 5.94. The van der Waals surface area contributed by atoms with Crippen LogP contribution in [0.1, 0.15) is 36.2 Å². The summed E-state index contributed by atoms with van der Waals surface area (Å²) in [6, 6.07) is 5.27. The lowest BCUT2D eigenvalue weighted by Crippen LogP contribution is -2.37. The first-order chi connectivity index (χ1) is 8.88. The molecule has 0 aliphatic carbocycles. The Hall–Kier alpha value is -1.49. The summed E-state index contributed by atoms with van der Waals surface area (Å²) in [6.45, 7) is 3.19. The number of ether oxygens (including phenoxy) is 1. The third kappa shape index (κ3) is 4.59. The Bertz CT molecular complexity index is 412. The minimum absolute atomic E-state index is 0.0789. The van der Waals surface area contributed by atoms with E-state index in [9.17, 15) is 13.6 Å². The third-order valence-electron chi connectivity index (χ3n) is 2.85. The molecule has 0 fully saturated rings. The van der Waals surface area contributed by atoms with Crippen molar-refractivity contribution in [3.63, 3.8) is 0 Å². The predicted octanol–water partition coefficient (Wildman–Crippen LogP) is 2.95. The first-order valence-electron chi connectivity index (χ1n) is 6.16. The maximum absolute atomic E-state index is 13.0. The van der Waals surface area contributed by atoms with Gasteiger partial charge in [0.1, 0.15) is 0 Å². The number of halogens is 2. The Kier molecular flexibility index (Phi) is 5.42. The summed E-state index contributed by atoms with van der Waals surface area (Å²) in [5.41, 5.74) is 0.260. The van der Waals surface area contributed by atoms with Crippen LogP contribution in [0.2, 0.25) is 0 Å². The van der Waals surface area contributed by atoms with Crippen molar-refractivity contribution >= 4 is 5.91 Å². The second-order valence-electron chi connectivity index (χ2n) is 4.50. The number of carbonyl (C=O) groups is 1. The van der Waals surface area contributed by atoms with E-state index < -0.39 is 5.92 Å². The fourth-order valence-electron chi connectivity index (χ4n) is 1.65. The lowest BCUT2D eigenvalue weighted by molar-refractivity contribution is 0.0174. The van der Waals surface area contributed by atoms with Crippen molar-refractivity contribution in [1.82, 2.24) is 5.32 Å². The summed E-state index contributed by atoms with van der Waals surface area (Å²) < 4.78 is 31.1. The van der Waals surface area contributed by atoms with Crippen LogP contribution in [0.4, 0.5) is 8.78 Å². The molecule has 3 nitrogen and oxygen atoms in total. The van der Waals surface area contributed by atoms with E-state index in [1.54, 1.807) is 7.11 Å². The number of methoxy groups -OCH3 is 1. The molecular weight excluding hydrogens is 252 g/mol. The van der Waals surface area contributed by atoms with Gasteiger partial charge in [-0.15, -0.1) is 0 Å². The normalized spacial score (nSPS) is 13.1. The Morgan fingerprint density at radius 2 is 1.95 bits per heavy atom. The fraction of sp³-hybridized carbons (Fsp3) is 0.500. The maximum atomic E-state index is 13.0. The van der Waals surface area contributed by atoms with Crippen molar-refractivity contribution < 1.29 is 18.3 Å². The van der Waals surface area contributed by atoms with Crippen LogP contribution in [0.3, 0.4) is 0 Å². The van der Waals surface area contributed by atoms with Crippen LogP contribution < -0.4 is 5.32 Å². The molecule has 1 amide bonds. The van der Waals surface area contributed by atoms with E-state index in [2.05, 4.69) is 5.32 Å². The van der Waals surface area contributed by atoms with Crippen LogP contribution in [0.5, 0.6) is 0 Å². The van der Waals surface area contributed by atoms with Gasteiger partial charge in [-0.25, -0.2) is 8.78 Å². The van der Waals surface area contributed by atoms with Crippen LogP contribution >= 0.6 is 0 Å². The standard InChI is InChI=1S/C14H19F2NO2/c1-4-12(9-19-3)17-13(18)10-5-7-11(8-6-10)14(2,15)16/h5-8,12H,4,9H2,1-3H3,(H,17,18). The molecule has 0 radical (unpaired) electrons. The monoisotopic (exact) mass is 271 g/mol. The highest BCUT2D eigenvalue weighted by Crippen LogP contribution is 2.26. The minimum Gasteiger partial charge on any atom is -0.383 e. The van der Waals surface area contributed by atoms with E-state index in [-0.39, 0.29) is 17.5 Å². The van der Waals surface area contributed by atoms with Gasteiger partial charge in [0.2, 0.25) is 0 Å². The highest BCUT2D eigenvalue weighted by atomic mass is 19.3.